The van der Waals surface area contributed by atoms with E-state index in [4.69, 9.17) is 9.26 Å². The van der Waals surface area contributed by atoms with Gasteiger partial charge < -0.3 is 14.2 Å². The van der Waals surface area contributed by atoms with Gasteiger partial charge in [0.15, 0.2) is 6.61 Å². The Morgan fingerprint density at radius 2 is 1.55 bits per heavy atom. The Kier molecular flexibility index (Phi) is 8.21. The highest BCUT2D eigenvalue weighted by Crippen LogP contribution is 2.31. The zero-order chi connectivity index (χ0) is 29.9. The van der Waals surface area contributed by atoms with Gasteiger partial charge in [0.05, 0.1) is 5.56 Å². The molecule has 0 unspecified atom stereocenters. The van der Waals surface area contributed by atoms with Crippen LogP contribution < -0.4 is 4.74 Å². The highest BCUT2D eigenvalue weighted by molar-refractivity contribution is 5.95. The van der Waals surface area contributed by atoms with Gasteiger partial charge in [0, 0.05) is 49.4 Å². The van der Waals surface area contributed by atoms with Crippen LogP contribution in [0.5, 0.6) is 5.75 Å². The molecule has 4 aromatic rings. The van der Waals surface area contributed by atoms with Crippen LogP contribution in [0, 0.1) is 0 Å². The molecule has 1 aliphatic heterocycles. The molecular formula is C29H24F6N4O3. The quantitative estimate of drug-likeness (QED) is 0.235. The minimum Gasteiger partial charge on any atom is -0.484 e. The van der Waals surface area contributed by atoms with Crippen LogP contribution in [0.4, 0.5) is 26.3 Å². The van der Waals surface area contributed by atoms with Crippen molar-refractivity contribution in [1.29, 1.82) is 0 Å². The lowest BCUT2D eigenvalue weighted by Crippen LogP contribution is -2.48. The zero-order valence-corrected chi connectivity index (χ0v) is 22.0. The number of alkyl halides is 6. The number of rotatable bonds is 7. The molecule has 0 N–H and O–H groups in total. The Balaban J connectivity index is 1.16. The van der Waals surface area contributed by atoms with Gasteiger partial charge in [0.1, 0.15) is 5.75 Å². The first-order valence-corrected chi connectivity index (χ1v) is 12.9. The van der Waals surface area contributed by atoms with Crippen LogP contribution in [0.2, 0.25) is 0 Å². The monoisotopic (exact) mass is 590 g/mol. The molecule has 2 heterocycles. The van der Waals surface area contributed by atoms with Crippen molar-refractivity contribution in [2.45, 2.75) is 18.9 Å². The van der Waals surface area contributed by atoms with Crippen molar-refractivity contribution in [3.05, 3.63) is 89.5 Å². The van der Waals surface area contributed by atoms with E-state index in [-0.39, 0.29) is 23.4 Å². The normalized spacial score (nSPS) is 14.7. The minimum absolute atomic E-state index is 0.120. The molecule has 3 aromatic carbocycles. The summed E-state index contributed by atoms with van der Waals surface area (Å²) in [6.45, 7) is 1.41. The van der Waals surface area contributed by atoms with Crippen molar-refractivity contribution < 1.29 is 40.4 Å². The van der Waals surface area contributed by atoms with E-state index in [2.05, 4.69) is 15.0 Å². The number of halogens is 6. The predicted molar refractivity (Wildman–Crippen MR) is 139 cm³/mol. The van der Waals surface area contributed by atoms with Crippen molar-refractivity contribution in [3.8, 4) is 28.6 Å². The summed E-state index contributed by atoms with van der Waals surface area (Å²) in [5, 5.41) is 3.87. The van der Waals surface area contributed by atoms with Gasteiger partial charge in [0.25, 0.3) is 11.8 Å². The summed E-state index contributed by atoms with van der Waals surface area (Å²) in [6, 6.07) is 17.5. The van der Waals surface area contributed by atoms with Gasteiger partial charge in [-0.1, -0.05) is 35.5 Å². The fourth-order valence-corrected chi connectivity index (χ4v) is 4.46. The van der Waals surface area contributed by atoms with Gasteiger partial charge in [-0.25, -0.2) is 0 Å². The van der Waals surface area contributed by atoms with Crippen LogP contribution >= 0.6 is 0 Å². The van der Waals surface area contributed by atoms with Crippen LogP contribution in [0.25, 0.3) is 22.8 Å². The molecule has 1 aromatic heterocycles. The lowest BCUT2D eigenvalue weighted by Gasteiger charge is -2.34. The number of aromatic nitrogens is 2. The van der Waals surface area contributed by atoms with Crippen molar-refractivity contribution in [1.82, 2.24) is 19.9 Å². The van der Waals surface area contributed by atoms with Gasteiger partial charge >= 0.3 is 12.4 Å². The summed E-state index contributed by atoms with van der Waals surface area (Å²) in [6.07, 6.45) is -8.85. The number of benzene rings is 3. The van der Waals surface area contributed by atoms with Gasteiger partial charge in [-0.15, -0.1) is 0 Å². The number of amides is 1. The van der Waals surface area contributed by atoms with Crippen molar-refractivity contribution >= 4 is 5.91 Å². The fraction of sp³-hybridized carbons (Fsp3) is 0.276. The third kappa shape index (κ3) is 7.27. The minimum atomic E-state index is -4.45. The zero-order valence-electron chi connectivity index (χ0n) is 22.0. The summed E-state index contributed by atoms with van der Waals surface area (Å²) >= 11 is 0. The number of nitrogens with zero attached hydrogens (tertiary/aromatic N) is 4. The second-order valence-electron chi connectivity index (χ2n) is 9.70. The molecule has 0 saturated carbocycles. The van der Waals surface area contributed by atoms with Gasteiger partial charge in [-0.05, 0) is 48.0 Å². The Labute approximate surface area is 236 Å². The van der Waals surface area contributed by atoms with Gasteiger partial charge in [-0.3, -0.25) is 9.69 Å². The Morgan fingerprint density at radius 3 is 2.19 bits per heavy atom. The van der Waals surface area contributed by atoms with Crippen LogP contribution in [0.15, 0.2) is 77.3 Å². The predicted octanol–water partition coefficient (Wildman–Crippen LogP) is 6.32. The van der Waals surface area contributed by atoms with E-state index < -0.39 is 24.5 Å². The number of hydrogen-bond acceptors (Lipinski definition) is 6. The van der Waals surface area contributed by atoms with Crippen LogP contribution in [-0.4, -0.2) is 64.8 Å². The lowest BCUT2D eigenvalue weighted by atomic mass is 10.1. The summed E-state index contributed by atoms with van der Waals surface area (Å²) < 4.78 is 85.6. The molecule has 220 valence electrons. The third-order valence-electron chi connectivity index (χ3n) is 6.64. The van der Waals surface area contributed by atoms with Crippen LogP contribution in [0.1, 0.15) is 21.5 Å². The number of carbonyl (C=O) groups is 1. The molecule has 42 heavy (non-hydrogen) atoms. The van der Waals surface area contributed by atoms with Crippen molar-refractivity contribution in [2.75, 3.05) is 32.8 Å². The molecule has 0 bridgehead atoms. The van der Waals surface area contributed by atoms with E-state index in [0.29, 0.717) is 49.4 Å². The maximum atomic E-state index is 13.2. The van der Waals surface area contributed by atoms with E-state index >= 15 is 0 Å². The standard InChI is InChI=1S/C29H24F6N4O3/c30-28(31,32)18-41-24-10-4-19(5-11-24)17-38-12-14-39(15-13-38)27(40)22-3-1-2-21(16-22)26-36-25(37-42-26)20-6-8-23(9-7-20)29(33,34)35/h1-11,16H,12-15,17-18H2. The number of carbonyl (C=O) groups excluding carboxylic acids is 1. The number of hydrogen-bond donors (Lipinski definition) is 0. The lowest BCUT2D eigenvalue weighted by molar-refractivity contribution is -0.153. The average molecular weight is 591 g/mol. The molecule has 1 saturated heterocycles. The number of piperazine rings is 1. The maximum Gasteiger partial charge on any atom is 0.422 e. The molecule has 1 aliphatic rings. The largest absolute Gasteiger partial charge is 0.484 e. The first-order chi connectivity index (χ1) is 19.9. The van der Waals surface area contributed by atoms with Crippen LogP contribution in [0.3, 0.4) is 0 Å². The molecular weight excluding hydrogens is 566 g/mol. The topological polar surface area (TPSA) is 71.7 Å². The van der Waals surface area contributed by atoms with E-state index in [1.54, 1.807) is 41.3 Å². The second-order valence-corrected chi connectivity index (χ2v) is 9.70. The second kappa shape index (κ2) is 11.8. The highest BCUT2D eigenvalue weighted by Gasteiger charge is 2.30. The SMILES string of the molecule is O=C(c1cccc(-c2nc(-c3ccc(C(F)(F)F)cc3)no2)c1)N1CCN(Cc2ccc(OCC(F)(F)F)cc2)CC1. The maximum absolute atomic E-state index is 13.2. The van der Waals surface area contributed by atoms with Crippen molar-refractivity contribution in [2.24, 2.45) is 0 Å². The third-order valence-corrected chi connectivity index (χ3v) is 6.64. The molecule has 13 heteroatoms. The Bertz CT molecular complexity index is 1510. The van der Waals surface area contributed by atoms with Crippen LogP contribution in [-0.2, 0) is 12.7 Å². The summed E-state index contributed by atoms with van der Waals surface area (Å²) in [5.41, 5.74) is 1.40. The van der Waals surface area contributed by atoms with E-state index in [1.165, 1.54) is 24.3 Å². The molecule has 1 amide bonds. The number of ether oxygens (including phenoxy) is 1. The Morgan fingerprint density at radius 1 is 0.857 bits per heavy atom. The molecule has 5 rings (SSSR count). The van der Waals surface area contributed by atoms with E-state index in [1.807, 2.05) is 0 Å². The van der Waals surface area contributed by atoms with Gasteiger partial charge in [-0.2, -0.15) is 31.3 Å². The van der Waals surface area contributed by atoms with Gasteiger partial charge in [0.2, 0.25) is 5.82 Å². The highest BCUT2D eigenvalue weighted by atomic mass is 19.4. The summed E-state index contributed by atoms with van der Waals surface area (Å²) in [5.74, 6) is 0.212. The summed E-state index contributed by atoms with van der Waals surface area (Å²) in [4.78, 5) is 21.4. The molecule has 0 aliphatic carbocycles. The molecule has 1 fully saturated rings. The molecule has 0 spiro atoms. The smallest absolute Gasteiger partial charge is 0.422 e. The first kappa shape index (κ1) is 29.1. The average Bonchev–Trinajstić information content (AvgIpc) is 3.47. The molecule has 0 atom stereocenters. The van der Waals surface area contributed by atoms with E-state index in [9.17, 15) is 31.1 Å². The Hall–Kier alpha value is -4.39. The molecule has 0 radical (unpaired) electrons. The molecule has 7 nitrogen and oxygen atoms in total. The fourth-order valence-electron chi connectivity index (χ4n) is 4.46. The summed E-state index contributed by atoms with van der Waals surface area (Å²) in [7, 11) is 0. The van der Waals surface area contributed by atoms with Crippen molar-refractivity contribution in [3.63, 3.8) is 0 Å². The van der Waals surface area contributed by atoms with E-state index in [0.717, 1.165) is 17.7 Å². The first-order valence-electron chi connectivity index (χ1n) is 12.9.